The molecule has 6 nitrogen and oxygen atoms in total. The van der Waals surface area contributed by atoms with E-state index in [1.807, 2.05) is 0 Å². The minimum Gasteiger partial charge on any atom is -0.466 e. The minimum atomic E-state index is -0.668. The summed E-state index contributed by atoms with van der Waals surface area (Å²) in [4.78, 5) is 24.4. The summed E-state index contributed by atoms with van der Waals surface area (Å²) in [6.07, 6.45) is 63.2. The second-order valence-corrected chi connectivity index (χ2v) is 19.3. The highest BCUT2D eigenvalue weighted by atomic mass is 16.5. The average Bonchev–Trinajstić information content (AvgIpc) is 3.28. The molecule has 0 aromatic heterocycles. The maximum absolute atomic E-state index is 12.4. The quantitative estimate of drug-likeness (QED) is 0.0321. The maximum Gasteiger partial charge on any atom is 0.305 e. The van der Waals surface area contributed by atoms with Crippen LogP contribution in [-0.2, 0) is 14.3 Å². The molecule has 0 aliphatic carbocycles. The predicted molar refractivity (Wildman–Crippen MR) is 273 cm³/mol. The summed E-state index contributed by atoms with van der Waals surface area (Å²) in [5.41, 5.74) is 0. The molecule has 0 aliphatic heterocycles. The number of ether oxygens (including phenoxy) is 1. The lowest BCUT2D eigenvalue weighted by Gasteiger charge is -2.22. The summed E-state index contributed by atoms with van der Waals surface area (Å²) in [5, 5.41) is 23.1. The summed E-state index contributed by atoms with van der Waals surface area (Å²) in [5.74, 6) is -0.0384. The molecule has 2 atom stereocenters. The molecule has 0 bridgehead atoms. The summed E-state index contributed by atoms with van der Waals surface area (Å²) in [7, 11) is 0. The van der Waals surface area contributed by atoms with E-state index >= 15 is 0 Å². The van der Waals surface area contributed by atoms with E-state index in [-0.39, 0.29) is 18.5 Å². The first-order valence-corrected chi connectivity index (χ1v) is 28.1. The first kappa shape index (κ1) is 61.3. The number of allylic oxidation sites excluding steroid dienone is 4. The molecule has 0 radical (unpaired) electrons. The van der Waals surface area contributed by atoms with E-state index in [4.69, 9.17) is 4.74 Å². The van der Waals surface area contributed by atoms with Crippen LogP contribution in [0.2, 0.25) is 0 Å². The number of amides is 1. The van der Waals surface area contributed by atoms with Crippen molar-refractivity contribution in [3.8, 4) is 0 Å². The van der Waals surface area contributed by atoms with Crippen molar-refractivity contribution >= 4 is 11.9 Å². The number of aliphatic hydroxyl groups excluding tert-OH is 2. The molecule has 6 heteroatoms. The summed E-state index contributed by atoms with van der Waals surface area (Å²) in [6, 6.07) is -0.547. The van der Waals surface area contributed by atoms with Gasteiger partial charge in [-0.1, -0.05) is 256 Å². The zero-order chi connectivity index (χ0) is 45.8. The molecule has 63 heavy (non-hydrogen) atoms. The molecule has 0 spiro atoms. The smallest absolute Gasteiger partial charge is 0.305 e. The zero-order valence-corrected chi connectivity index (χ0v) is 42.3. The van der Waals surface area contributed by atoms with Crippen molar-refractivity contribution < 1.29 is 24.5 Å². The lowest BCUT2D eigenvalue weighted by atomic mass is 10.0. The number of esters is 1. The number of carbonyl (C=O) groups is 2. The van der Waals surface area contributed by atoms with Gasteiger partial charge in [-0.25, -0.2) is 0 Å². The Morgan fingerprint density at radius 3 is 1.21 bits per heavy atom. The fourth-order valence-corrected chi connectivity index (χ4v) is 8.67. The number of nitrogens with one attached hydrogen (secondary N) is 1. The molecule has 0 saturated carbocycles. The lowest BCUT2D eigenvalue weighted by molar-refractivity contribution is -0.143. The van der Waals surface area contributed by atoms with Crippen LogP contribution in [0, 0.1) is 0 Å². The van der Waals surface area contributed by atoms with Gasteiger partial charge in [-0.15, -0.1) is 0 Å². The number of hydrogen-bond acceptors (Lipinski definition) is 5. The number of aliphatic hydroxyl groups is 2. The molecular weight excluding hydrogens is 779 g/mol. The van der Waals surface area contributed by atoms with Crippen LogP contribution < -0.4 is 5.32 Å². The number of carbonyl (C=O) groups excluding carboxylic acids is 2. The van der Waals surface area contributed by atoms with Gasteiger partial charge in [0.05, 0.1) is 25.4 Å². The number of hydrogen-bond donors (Lipinski definition) is 3. The third-order valence-corrected chi connectivity index (χ3v) is 13.0. The van der Waals surface area contributed by atoms with Gasteiger partial charge in [-0.3, -0.25) is 9.59 Å². The van der Waals surface area contributed by atoms with Gasteiger partial charge < -0.3 is 20.3 Å². The van der Waals surface area contributed by atoms with Crippen LogP contribution in [0.15, 0.2) is 24.3 Å². The zero-order valence-electron chi connectivity index (χ0n) is 42.3. The molecule has 0 aromatic carbocycles. The van der Waals surface area contributed by atoms with Crippen LogP contribution >= 0.6 is 0 Å². The normalized spacial score (nSPS) is 12.8. The number of unbranched alkanes of at least 4 members (excludes halogenated alkanes) is 37. The van der Waals surface area contributed by atoms with Crippen LogP contribution in [-0.4, -0.2) is 47.4 Å². The minimum absolute atomic E-state index is 0.00844. The van der Waals surface area contributed by atoms with E-state index in [1.54, 1.807) is 0 Å². The van der Waals surface area contributed by atoms with Crippen molar-refractivity contribution in [1.82, 2.24) is 5.32 Å². The van der Waals surface area contributed by atoms with Crippen LogP contribution in [0.25, 0.3) is 0 Å². The molecule has 1 amide bonds. The molecule has 0 heterocycles. The molecule has 0 fully saturated rings. The van der Waals surface area contributed by atoms with Gasteiger partial charge in [-0.2, -0.15) is 0 Å². The van der Waals surface area contributed by atoms with Gasteiger partial charge in [-0.05, 0) is 57.8 Å². The molecule has 0 rings (SSSR count). The van der Waals surface area contributed by atoms with Gasteiger partial charge >= 0.3 is 5.97 Å². The fourth-order valence-electron chi connectivity index (χ4n) is 8.67. The van der Waals surface area contributed by atoms with Crippen LogP contribution in [0.4, 0.5) is 0 Å². The molecule has 0 saturated heterocycles. The van der Waals surface area contributed by atoms with Crippen LogP contribution in [0.5, 0.6) is 0 Å². The van der Waals surface area contributed by atoms with Gasteiger partial charge in [0, 0.05) is 12.8 Å². The van der Waals surface area contributed by atoms with Crippen molar-refractivity contribution in [1.29, 1.82) is 0 Å². The second kappa shape index (κ2) is 53.0. The standard InChI is InChI=1S/C57H109NO5/c1-3-5-7-9-11-13-15-27-31-35-39-43-47-51-57(62)63-52-48-44-40-36-32-29-26-24-22-20-18-16-17-19-21-23-25-28-30-34-38-42-46-50-56(61)58-54(53-59)55(60)49-45-41-37-33-14-12-10-8-6-4-2/h16,18-19,21,54-55,59-60H,3-15,17,20,22-53H2,1-2H3,(H,58,61)/b18-16-,21-19-. The van der Waals surface area contributed by atoms with Crippen molar-refractivity contribution in [2.75, 3.05) is 13.2 Å². The maximum atomic E-state index is 12.4. The van der Waals surface area contributed by atoms with Gasteiger partial charge in [0.25, 0.3) is 0 Å². The highest BCUT2D eigenvalue weighted by molar-refractivity contribution is 5.76. The monoisotopic (exact) mass is 888 g/mol. The Morgan fingerprint density at radius 1 is 0.444 bits per heavy atom. The first-order chi connectivity index (χ1) is 31.0. The lowest BCUT2D eigenvalue weighted by Crippen LogP contribution is -2.45. The van der Waals surface area contributed by atoms with E-state index in [0.29, 0.717) is 25.9 Å². The van der Waals surface area contributed by atoms with Crippen LogP contribution in [0.1, 0.15) is 303 Å². The SMILES string of the molecule is CCCCCCCCCCCCCCCC(=O)OCCCCCCCCCCC/C=C\C/C=C\CCCCCCCCCC(=O)NC(CO)C(O)CCCCCCCCCCCC. The Labute approximate surface area is 392 Å². The Kier molecular flexibility index (Phi) is 51.6. The van der Waals surface area contributed by atoms with E-state index in [9.17, 15) is 19.8 Å². The topological polar surface area (TPSA) is 95.9 Å². The Balaban J connectivity index is 3.42. The van der Waals surface area contributed by atoms with E-state index in [2.05, 4.69) is 43.5 Å². The van der Waals surface area contributed by atoms with E-state index in [0.717, 1.165) is 51.4 Å². The largest absolute Gasteiger partial charge is 0.466 e. The molecule has 0 aliphatic rings. The number of rotatable bonds is 52. The van der Waals surface area contributed by atoms with Crippen molar-refractivity contribution in [3.05, 3.63) is 24.3 Å². The Morgan fingerprint density at radius 2 is 0.794 bits per heavy atom. The molecule has 0 aromatic rings. The third-order valence-electron chi connectivity index (χ3n) is 13.0. The van der Waals surface area contributed by atoms with E-state index < -0.39 is 12.1 Å². The third kappa shape index (κ3) is 49.6. The van der Waals surface area contributed by atoms with Gasteiger partial charge in [0.15, 0.2) is 0 Å². The molecule has 3 N–H and O–H groups in total. The van der Waals surface area contributed by atoms with Gasteiger partial charge in [0.2, 0.25) is 5.91 Å². The van der Waals surface area contributed by atoms with E-state index in [1.165, 1.54) is 218 Å². The van der Waals surface area contributed by atoms with Crippen molar-refractivity contribution in [2.24, 2.45) is 0 Å². The molecular formula is C57H109NO5. The second-order valence-electron chi connectivity index (χ2n) is 19.3. The summed E-state index contributed by atoms with van der Waals surface area (Å²) in [6.45, 7) is 4.93. The fraction of sp³-hybridized carbons (Fsp3) is 0.895. The molecule has 372 valence electrons. The summed E-state index contributed by atoms with van der Waals surface area (Å²) >= 11 is 0. The highest BCUT2D eigenvalue weighted by Crippen LogP contribution is 2.16. The average molecular weight is 889 g/mol. The Hall–Kier alpha value is -1.66. The molecule has 2 unspecified atom stereocenters. The van der Waals surface area contributed by atoms with Crippen molar-refractivity contribution in [3.63, 3.8) is 0 Å². The van der Waals surface area contributed by atoms with Crippen LogP contribution in [0.3, 0.4) is 0 Å². The van der Waals surface area contributed by atoms with Gasteiger partial charge in [0.1, 0.15) is 0 Å². The predicted octanol–water partition coefficient (Wildman–Crippen LogP) is 17.1. The Bertz CT molecular complexity index is 982. The summed E-state index contributed by atoms with van der Waals surface area (Å²) < 4.78 is 5.47. The highest BCUT2D eigenvalue weighted by Gasteiger charge is 2.20. The van der Waals surface area contributed by atoms with Crippen molar-refractivity contribution in [2.45, 2.75) is 315 Å². The first-order valence-electron chi connectivity index (χ1n) is 28.1.